The molecule has 0 aliphatic rings. The molecule has 0 unspecified atom stereocenters. The first-order valence-electron chi connectivity index (χ1n) is 10.3. The SMILES string of the molecule is COc1ccc([C@@H](CC(=O)NCCc2ccco2)c2c(O)cc(C)oc2=O)c(OC)c1OC. The number of benzene rings is 1. The molecule has 2 N–H and O–H groups in total. The zero-order chi connectivity index (χ0) is 24.0. The molecule has 0 aliphatic heterocycles. The lowest BCUT2D eigenvalue weighted by Gasteiger charge is -2.22. The van der Waals surface area contributed by atoms with E-state index >= 15 is 0 Å². The Bertz CT molecular complexity index is 1150. The van der Waals surface area contributed by atoms with Gasteiger partial charge in [-0.15, -0.1) is 0 Å². The van der Waals surface area contributed by atoms with Crippen LogP contribution in [-0.2, 0) is 11.2 Å². The number of furan rings is 1. The van der Waals surface area contributed by atoms with Crippen molar-refractivity contribution in [1.82, 2.24) is 5.32 Å². The molecule has 1 amide bonds. The smallest absolute Gasteiger partial charge is 0.343 e. The third-order valence-corrected chi connectivity index (χ3v) is 5.21. The third-order valence-electron chi connectivity index (χ3n) is 5.21. The summed E-state index contributed by atoms with van der Waals surface area (Å²) in [7, 11) is 4.39. The Kier molecular flexibility index (Phi) is 7.66. The predicted molar refractivity (Wildman–Crippen MR) is 119 cm³/mol. The van der Waals surface area contributed by atoms with Crippen molar-refractivity contribution >= 4 is 5.91 Å². The first kappa shape index (κ1) is 23.8. The van der Waals surface area contributed by atoms with Gasteiger partial charge in [0.1, 0.15) is 17.3 Å². The van der Waals surface area contributed by atoms with Gasteiger partial charge in [-0.3, -0.25) is 4.79 Å². The standard InChI is InChI=1S/C24H27NO8/c1-14-12-18(26)21(24(28)33-14)17(13-20(27)25-10-9-15-6-5-11-32-15)16-7-8-19(29-2)23(31-4)22(16)30-3/h5-8,11-12,17,26H,9-10,13H2,1-4H3,(H,25,27)/t17-/m1/s1. The lowest BCUT2D eigenvalue weighted by Crippen LogP contribution is -2.28. The molecule has 1 atom stereocenters. The zero-order valence-corrected chi connectivity index (χ0v) is 19.0. The molecule has 0 bridgehead atoms. The molecule has 1 aromatic carbocycles. The molecule has 0 spiro atoms. The molecule has 0 saturated heterocycles. The van der Waals surface area contributed by atoms with Crippen LogP contribution in [0.5, 0.6) is 23.0 Å². The molecule has 33 heavy (non-hydrogen) atoms. The molecule has 0 saturated carbocycles. The van der Waals surface area contributed by atoms with Crippen LogP contribution in [0.1, 0.15) is 35.0 Å². The van der Waals surface area contributed by atoms with E-state index in [1.54, 1.807) is 31.4 Å². The maximum Gasteiger partial charge on any atom is 0.343 e. The monoisotopic (exact) mass is 457 g/mol. The molecule has 176 valence electrons. The molecule has 9 heteroatoms. The molecule has 9 nitrogen and oxygen atoms in total. The number of amides is 1. The number of rotatable bonds is 10. The predicted octanol–water partition coefficient (Wildman–Crippen LogP) is 3.15. The Labute approximate surface area is 190 Å². The van der Waals surface area contributed by atoms with Gasteiger partial charge in [0, 0.05) is 36.9 Å². The Balaban J connectivity index is 2.00. The molecule has 3 rings (SSSR count). The van der Waals surface area contributed by atoms with Gasteiger partial charge < -0.3 is 33.5 Å². The molecule has 0 radical (unpaired) electrons. The van der Waals surface area contributed by atoms with E-state index in [1.807, 2.05) is 6.07 Å². The van der Waals surface area contributed by atoms with Crippen LogP contribution in [0.4, 0.5) is 0 Å². The van der Waals surface area contributed by atoms with E-state index in [2.05, 4.69) is 5.32 Å². The summed E-state index contributed by atoms with van der Waals surface area (Å²) in [6.45, 7) is 1.90. The highest BCUT2D eigenvalue weighted by atomic mass is 16.5. The lowest BCUT2D eigenvalue weighted by atomic mass is 9.87. The summed E-state index contributed by atoms with van der Waals surface area (Å²) in [6.07, 6.45) is 1.93. The Hall–Kier alpha value is -3.88. The normalized spacial score (nSPS) is 11.6. The fraction of sp³-hybridized carbons (Fsp3) is 0.333. The number of carbonyl (C=O) groups is 1. The summed E-state index contributed by atoms with van der Waals surface area (Å²) in [4.78, 5) is 25.6. The molecular formula is C24H27NO8. The maximum absolute atomic E-state index is 12.8. The Morgan fingerprint density at radius 2 is 1.88 bits per heavy atom. The quantitative estimate of drug-likeness (QED) is 0.476. The fourth-order valence-corrected chi connectivity index (χ4v) is 3.73. The number of ether oxygens (including phenoxy) is 3. The molecule has 2 heterocycles. The molecule has 0 aliphatic carbocycles. The second-order valence-corrected chi connectivity index (χ2v) is 7.30. The van der Waals surface area contributed by atoms with Crippen LogP contribution in [0.2, 0.25) is 0 Å². The highest BCUT2D eigenvalue weighted by Gasteiger charge is 2.30. The van der Waals surface area contributed by atoms with Crippen LogP contribution < -0.4 is 25.2 Å². The van der Waals surface area contributed by atoms with E-state index in [0.717, 1.165) is 5.76 Å². The molecule has 3 aromatic rings. The second-order valence-electron chi connectivity index (χ2n) is 7.30. The van der Waals surface area contributed by atoms with E-state index in [4.69, 9.17) is 23.0 Å². The number of hydrogen-bond donors (Lipinski definition) is 2. The van der Waals surface area contributed by atoms with Crippen LogP contribution in [-0.4, -0.2) is 38.9 Å². The van der Waals surface area contributed by atoms with Crippen molar-refractivity contribution in [2.75, 3.05) is 27.9 Å². The van der Waals surface area contributed by atoms with Gasteiger partial charge >= 0.3 is 5.63 Å². The summed E-state index contributed by atoms with van der Waals surface area (Å²) < 4.78 is 26.8. The maximum atomic E-state index is 12.8. The number of carbonyl (C=O) groups excluding carboxylic acids is 1. The van der Waals surface area contributed by atoms with Gasteiger partial charge in [0.2, 0.25) is 11.7 Å². The number of nitrogens with one attached hydrogen (secondary N) is 1. The second kappa shape index (κ2) is 10.6. The van der Waals surface area contributed by atoms with Gasteiger partial charge in [-0.05, 0) is 25.1 Å². The number of hydrogen-bond acceptors (Lipinski definition) is 8. The van der Waals surface area contributed by atoms with Crippen molar-refractivity contribution in [3.05, 3.63) is 69.7 Å². The van der Waals surface area contributed by atoms with Gasteiger partial charge in [0.25, 0.3) is 0 Å². The van der Waals surface area contributed by atoms with Gasteiger partial charge in [0.05, 0.1) is 33.2 Å². The van der Waals surface area contributed by atoms with Crippen molar-refractivity contribution in [3.63, 3.8) is 0 Å². The van der Waals surface area contributed by atoms with E-state index < -0.39 is 11.5 Å². The third kappa shape index (κ3) is 5.31. The minimum Gasteiger partial charge on any atom is -0.507 e. The van der Waals surface area contributed by atoms with Crippen LogP contribution in [0.15, 0.2) is 50.2 Å². The summed E-state index contributed by atoms with van der Waals surface area (Å²) in [5, 5.41) is 13.4. The lowest BCUT2D eigenvalue weighted by molar-refractivity contribution is -0.121. The van der Waals surface area contributed by atoms with Crippen LogP contribution in [0.25, 0.3) is 0 Å². The minimum atomic E-state index is -0.875. The largest absolute Gasteiger partial charge is 0.507 e. The van der Waals surface area contributed by atoms with E-state index in [1.165, 1.54) is 27.4 Å². The average Bonchev–Trinajstić information content (AvgIpc) is 3.30. The number of methoxy groups -OCH3 is 3. The van der Waals surface area contributed by atoms with Crippen molar-refractivity contribution in [2.45, 2.75) is 25.7 Å². The summed E-state index contributed by atoms with van der Waals surface area (Å²) in [5.74, 6) is 0.519. The first-order chi connectivity index (χ1) is 15.9. The van der Waals surface area contributed by atoms with E-state index in [-0.39, 0.29) is 35.2 Å². The van der Waals surface area contributed by atoms with Crippen molar-refractivity contribution in [2.24, 2.45) is 0 Å². The van der Waals surface area contributed by atoms with Gasteiger partial charge in [0.15, 0.2) is 11.5 Å². The van der Waals surface area contributed by atoms with Crippen LogP contribution in [0.3, 0.4) is 0 Å². The van der Waals surface area contributed by atoms with E-state index in [9.17, 15) is 14.7 Å². The molecule has 0 fully saturated rings. The van der Waals surface area contributed by atoms with Crippen molar-refractivity contribution in [3.8, 4) is 23.0 Å². The highest BCUT2D eigenvalue weighted by molar-refractivity contribution is 5.78. The van der Waals surface area contributed by atoms with Crippen molar-refractivity contribution < 1.29 is 32.9 Å². The fourth-order valence-electron chi connectivity index (χ4n) is 3.73. The van der Waals surface area contributed by atoms with Gasteiger partial charge in [-0.2, -0.15) is 0 Å². The van der Waals surface area contributed by atoms with Crippen LogP contribution in [0, 0.1) is 6.92 Å². The topological polar surface area (TPSA) is 120 Å². The van der Waals surface area contributed by atoms with Gasteiger partial charge in [-0.1, -0.05) is 6.07 Å². The Morgan fingerprint density at radius 3 is 2.48 bits per heavy atom. The Morgan fingerprint density at radius 1 is 1.12 bits per heavy atom. The summed E-state index contributed by atoms with van der Waals surface area (Å²) in [6, 6.07) is 8.24. The van der Waals surface area contributed by atoms with Gasteiger partial charge in [-0.25, -0.2) is 4.79 Å². The van der Waals surface area contributed by atoms with Crippen LogP contribution >= 0.6 is 0 Å². The first-order valence-corrected chi connectivity index (χ1v) is 10.3. The highest BCUT2D eigenvalue weighted by Crippen LogP contribution is 2.45. The summed E-state index contributed by atoms with van der Waals surface area (Å²) >= 11 is 0. The molecule has 2 aromatic heterocycles. The average molecular weight is 457 g/mol. The zero-order valence-electron chi connectivity index (χ0n) is 19.0. The number of aryl methyl sites for hydroxylation is 1. The summed E-state index contributed by atoms with van der Waals surface area (Å²) in [5.41, 5.74) is -0.326. The number of aromatic hydroxyl groups is 1. The van der Waals surface area contributed by atoms with E-state index in [0.29, 0.717) is 30.0 Å². The van der Waals surface area contributed by atoms with Crippen molar-refractivity contribution in [1.29, 1.82) is 0 Å². The molecular weight excluding hydrogens is 430 g/mol. The minimum absolute atomic E-state index is 0.0488.